The van der Waals surface area contributed by atoms with Crippen LogP contribution in [-0.4, -0.2) is 37.0 Å². The summed E-state index contributed by atoms with van der Waals surface area (Å²) in [5, 5.41) is 0.738. The standard InChI is InChI=1S/C22H24ClFN2O/c1-15-3-6-17(23)13-20(15)25-9-11-26(12-10-25)21(27)19-14-22(19,2)16-4-7-18(24)8-5-16/h3-8,13,19H,9-12,14H2,1-2H3/t19-,22+/m0/s1. The van der Waals surface area contributed by atoms with E-state index in [1.165, 1.54) is 17.7 Å². The number of halogens is 2. The van der Waals surface area contributed by atoms with E-state index in [-0.39, 0.29) is 23.1 Å². The van der Waals surface area contributed by atoms with Crippen LogP contribution < -0.4 is 4.90 Å². The predicted molar refractivity (Wildman–Crippen MR) is 107 cm³/mol. The van der Waals surface area contributed by atoms with Crippen LogP contribution in [0.25, 0.3) is 0 Å². The lowest BCUT2D eigenvalue weighted by Crippen LogP contribution is -2.49. The van der Waals surface area contributed by atoms with Crippen LogP contribution in [0.15, 0.2) is 42.5 Å². The van der Waals surface area contributed by atoms with E-state index in [4.69, 9.17) is 11.6 Å². The Bertz CT molecular complexity index is 861. The van der Waals surface area contributed by atoms with Gasteiger partial charge in [0, 0.05) is 48.2 Å². The van der Waals surface area contributed by atoms with Crippen molar-refractivity contribution in [1.82, 2.24) is 4.90 Å². The summed E-state index contributed by atoms with van der Waals surface area (Å²) in [5.41, 5.74) is 3.24. The van der Waals surface area contributed by atoms with Gasteiger partial charge in [-0.25, -0.2) is 4.39 Å². The van der Waals surface area contributed by atoms with Gasteiger partial charge in [0.2, 0.25) is 5.91 Å². The van der Waals surface area contributed by atoms with E-state index in [0.29, 0.717) is 0 Å². The van der Waals surface area contributed by atoms with E-state index >= 15 is 0 Å². The normalized spacial score (nSPS) is 24.8. The second-order valence-corrected chi connectivity index (χ2v) is 8.36. The minimum atomic E-state index is -0.238. The summed E-state index contributed by atoms with van der Waals surface area (Å²) < 4.78 is 13.2. The molecule has 142 valence electrons. The number of rotatable bonds is 3. The van der Waals surface area contributed by atoms with Gasteiger partial charge in [0.15, 0.2) is 0 Å². The molecule has 0 N–H and O–H groups in total. The van der Waals surface area contributed by atoms with Crippen LogP contribution in [0.3, 0.4) is 0 Å². The van der Waals surface area contributed by atoms with Crippen LogP contribution in [0.5, 0.6) is 0 Å². The SMILES string of the molecule is Cc1ccc(Cl)cc1N1CCN(C(=O)[C@@H]2C[C@]2(C)c2ccc(F)cc2)CC1. The van der Waals surface area contributed by atoms with Crippen molar-refractivity contribution in [1.29, 1.82) is 0 Å². The fourth-order valence-corrected chi connectivity index (χ4v) is 4.35. The zero-order chi connectivity index (χ0) is 19.2. The molecular formula is C22H24ClFN2O. The second-order valence-electron chi connectivity index (χ2n) is 7.92. The summed E-state index contributed by atoms with van der Waals surface area (Å²) >= 11 is 6.15. The predicted octanol–water partition coefficient (Wildman–Crippen LogP) is 4.41. The fraction of sp³-hybridized carbons (Fsp3) is 0.409. The average Bonchev–Trinajstić information content (AvgIpc) is 3.36. The maximum atomic E-state index is 13.2. The number of aryl methyl sites for hydroxylation is 1. The molecule has 0 spiro atoms. The van der Waals surface area contributed by atoms with Gasteiger partial charge < -0.3 is 9.80 Å². The molecular weight excluding hydrogens is 363 g/mol. The molecule has 0 bridgehead atoms. The van der Waals surface area contributed by atoms with Gasteiger partial charge in [-0.2, -0.15) is 0 Å². The molecule has 4 rings (SSSR count). The van der Waals surface area contributed by atoms with Gasteiger partial charge >= 0.3 is 0 Å². The van der Waals surface area contributed by atoms with Gasteiger partial charge in [0.05, 0.1) is 0 Å². The molecule has 0 radical (unpaired) electrons. The molecule has 0 aromatic heterocycles. The van der Waals surface area contributed by atoms with Crippen LogP contribution in [0.2, 0.25) is 5.02 Å². The number of hydrogen-bond donors (Lipinski definition) is 0. The number of anilines is 1. The van der Waals surface area contributed by atoms with E-state index in [2.05, 4.69) is 18.7 Å². The van der Waals surface area contributed by atoms with E-state index in [1.807, 2.05) is 35.2 Å². The Morgan fingerprint density at radius 2 is 1.78 bits per heavy atom. The molecule has 27 heavy (non-hydrogen) atoms. The molecule has 1 aliphatic heterocycles. The fourth-order valence-electron chi connectivity index (χ4n) is 4.19. The quantitative estimate of drug-likeness (QED) is 0.779. The van der Waals surface area contributed by atoms with Crippen molar-refractivity contribution >= 4 is 23.2 Å². The molecule has 1 heterocycles. The van der Waals surface area contributed by atoms with Crippen molar-refractivity contribution < 1.29 is 9.18 Å². The van der Waals surface area contributed by atoms with Crippen molar-refractivity contribution in [3.05, 3.63) is 64.4 Å². The molecule has 1 amide bonds. The van der Waals surface area contributed by atoms with Gasteiger partial charge in [0.25, 0.3) is 0 Å². The molecule has 2 aromatic carbocycles. The van der Waals surface area contributed by atoms with Crippen molar-refractivity contribution in [2.75, 3.05) is 31.1 Å². The number of amides is 1. The number of hydrogen-bond acceptors (Lipinski definition) is 2. The molecule has 0 unspecified atom stereocenters. The summed E-state index contributed by atoms with van der Waals surface area (Å²) in [6.45, 7) is 7.26. The minimum absolute atomic E-state index is 0.00224. The largest absolute Gasteiger partial charge is 0.368 e. The molecule has 3 nitrogen and oxygen atoms in total. The molecule has 1 saturated heterocycles. The lowest BCUT2D eigenvalue weighted by molar-refractivity contribution is -0.133. The lowest BCUT2D eigenvalue weighted by atomic mass is 9.95. The lowest BCUT2D eigenvalue weighted by Gasteiger charge is -2.37. The van der Waals surface area contributed by atoms with Gasteiger partial charge in [-0.1, -0.05) is 36.7 Å². The van der Waals surface area contributed by atoms with Gasteiger partial charge in [-0.05, 0) is 48.7 Å². The summed E-state index contributed by atoms with van der Waals surface area (Å²) in [6.07, 6.45) is 0.838. The Labute approximate surface area is 164 Å². The number of carbonyl (C=O) groups excluding carboxylic acids is 1. The molecule has 2 atom stereocenters. The first-order valence-electron chi connectivity index (χ1n) is 9.44. The van der Waals surface area contributed by atoms with Crippen LogP contribution in [0, 0.1) is 18.7 Å². The van der Waals surface area contributed by atoms with Crippen LogP contribution in [0.4, 0.5) is 10.1 Å². The highest BCUT2D eigenvalue weighted by atomic mass is 35.5. The first-order chi connectivity index (χ1) is 12.9. The average molecular weight is 387 g/mol. The van der Waals surface area contributed by atoms with Crippen LogP contribution in [0.1, 0.15) is 24.5 Å². The first-order valence-corrected chi connectivity index (χ1v) is 9.82. The van der Waals surface area contributed by atoms with Crippen molar-refractivity contribution in [2.45, 2.75) is 25.7 Å². The number of benzene rings is 2. The second kappa shape index (κ2) is 6.83. The maximum Gasteiger partial charge on any atom is 0.226 e. The van der Waals surface area contributed by atoms with E-state index in [1.54, 1.807) is 0 Å². The molecule has 1 aliphatic carbocycles. The van der Waals surface area contributed by atoms with Crippen LogP contribution >= 0.6 is 11.6 Å². The third kappa shape index (κ3) is 3.43. The summed E-state index contributed by atoms with van der Waals surface area (Å²) in [5.74, 6) is -0.00925. The maximum absolute atomic E-state index is 13.2. The highest BCUT2D eigenvalue weighted by molar-refractivity contribution is 6.30. The van der Waals surface area contributed by atoms with Crippen molar-refractivity contribution in [3.8, 4) is 0 Å². The molecule has 5 heteroatoms. The Kier molecular flexibility index (Phi) is 4.63. The Morgan fingerprint density at radius 1 is 1.11 bits per heavy atom. The van der Waals surface area contributed by atoms with E-state index in [0.717, 1.165) is 48.9 Å². The molecule has 1 saturated carbocycles. The molecule has 2 fully saturated rings. The van der Waals surface area contributed by atoms with Gasteiger partial charge in [0.1, 0.15) is 5.82 Å². The van der Waals surface area contributed by atoms with Crippen molar-refractivity contribution in [3.63, 3.8) is 0 Å². The zero-order valence-electron chi connectivity index (χ0n) is 15.7. The first kappa shape index (κ1) is 18.3. The highest BCUT2D eigenvalue weighted by Gasteiger charge is 2.56. The minimum Gasteiger partial charge on any atom is -0.368 e. The number of nitrogens with zero attached hydrogens (tertiary/aromatic N) is 2. The zero-order valence-corrected chi connectivity index (χ0v) is 16.5. The monoisotopic (exact) mass is 386 g/mol. The van der Waals surface area contributed by atoms with Gasteiger partial charge in [-0.3, -0.25) is 4.79 Å². The van der Waals surface area contributed by atoms with Gasteiger partial charge in [-0.15, -0.1) is 0 Å². The topological polar surface area (TPSA) is 23.6 Å². The molecule has 2 aliphatic rings. The Morgan fingerprint density at radius 3 is 2.44 bits per heavy atom. The number of carbonyl (C=O) groups is 1. The third-order valence-corrected chi connectivity index (χ3v) is 6.38. The van der Waals surface area contributed by atoms with Crippen molar-refractivity contribution in [2.24, 2.45) is 5.92 Å². The summed E-state index contributed by atoms with van der Waals surface area (Å²) in [6, 6.07) is 12.5. The number of piperazine rings is 1. The molecule has 2 aromatic rings. The van der Waals surface area contributed by atoms with E-state index < -0.39 is 0 Å². The highest BCUT2D eigenvalue weighted by Crippen LogP contribution is 2.54. The Balaban J connectivity index is 1.39. The smallest absolute Gasteiger partial charge is 0.226 e. The summed E-state index contributed by atoms with van der Waals surface area (Å²) in [4.78, 5) is 17.3. The van der Waals surface area contributed by atoms with Crippen LogP contribution in [-0.2, 0) is 10.2 Å². The third-order valence-electron chi connectivity index (χ3n) is 6.14. The Hall–Kier alpha value is -2.07. The summed E-state index contributed by atoms with van der Waals surface area (Å²) in [7, 11) is 0. The van der Waals surface area contributed by atoms with E-state index in [9.17, 15) is 9.18 Å².